The van der Waals surface area contributed by atoms with Gasteiger partial charge in [0.25, 0.3) is 0 Å². The van der Waals surface area contributed by atoms with Gasteiger partial charge in [0.15, 0.2) is 0 Å². The molecule has 1 atom stereocenters. The second-order valence-corrected chi connectivity index (χ2v) is 5.27. The third kappa shape index (κ3) is 2.71. The summed E-state index contributed by atoms with van der Waals surface area (Å²) in [5.41, 5.74) is 0. The second-order valence-electron chi connectivity index (χ2n) is 5.27. The Hall–Kier alpha value is -0.570. The number of nitrogens with zero attached hydrogens (tertiary/aromatic N) is 1. The monoisotopic (exact) mass is 210 g/mol. The number of amides is 1. The van der Waals surface area contributed by atoms with Crippen molar-refractivity contribution in [2.75, 3.05) is 13.2 Å². The van der Waals surface area contributed by atoms with Crippen LogP contribution in [0.15, 0.2) is 0 Å². The van der Waals surface area contributed by atoms with Gasteiger partial charge in [0, 0.05) is 6.54 Å². The number of carbonyl (C=O) groups excluding carboxylic acids is 1. The molecule has 0 spiro atoms. The van der Waals surface area contributed by atoms with Crippen LogP contribution >= 0.6 is 0 Å². The molecule has 0 radical (unpaired) electrons. The van der Waals surface area contributed by atoms with Gasteiger partial charge in [-0.25, -0.2) is 0 Å². The zero-order chi connectivity index (χ0) is 10.8. The normalized spacial score (nSPS) is 26.7. The number of hydrogen-bond donors (Lipinski definition) is 1. The van der Waals surface area contributed by atoms with Gasteiger partial charge in [-0.1, -0.05) is 26.7 Å². The maximum atomic E-state index is 11.9. The molecule has 1 saturated carbocycles. The average Bonchev–Trinajstić information content (AvgIpc) is 2.92. The second kappa shape index (κ2) is 4.52. The lowest BCUT2D eigenvalue weighted by molar-refractivity contribution is -0.129. The molecule has 1 aliphatic carbocycles. The fourth-order valence-electron chi connectivity index (χ4n) is 2.26. The van der Waals surface area contributed by atoms with Crippen molar-refractivity contribution < 1.29 is 4.79 Å². The van der Waals surface area contributed by atoms with Crippen molar-refractivity contribution in [3.63, 3.8) is 0 Å². The Labute approximate surface area is 92.2 Å². The molecule has 15 heavy (non-hydrogen) atoms. The van der Waals surface area contributed by atoms with Crippen molar-refractivity contribution in [3.05, 3.63) is 0 Å². The van der Waals surface area contributed by atoms with E-state index in [0.717, 1.165) is 19.1 Å². The van der Waals surface area contributed by atoms with E-state index in [0.29, 0.717) is 11.8 Å². The lowest BCUT2D eigenvalue weighted by Gasteiger charge is -2.16. The van der Waals surface area contributed by atoms with E-state index in [9.17, 15) is 4.79 Å². The highest BCUT2D eigenvalue weighted by Gasteiger charge is 2.32. The van der Waals surface area contributed by atoms with Crippen molar-refractivity contribution in [2.45, 2.75) is 45.6 Å². The smallest absolute Gasteiger partial charge is 0.241 e. The van der Waals surface area contributed by atoms with Gasteiger partial charge in [-0.05, 0) is 24.7 Å². The highest BCUT2D eigenvalue weighted by atomic mass is 16.2. The average molecular weight is 210 g/mol. The number of carbonyl (C=O) groups is 1. The molecule has 0 aromatic rings. The van der Waals surface area contributed by atoms with Crippen molar-refractivity contribution in [1.29, 1.82) is 0 Å². The van der Waals surface area contributed by atoms with Crippen molar-refractivity contribution in [2.24, 2.45) is 11.8 Å². The fourth-order valence-corrected chi connectivity index (χ4v) is 2.26. The minimum Gasteiger partial charge on any atom is -0.329 e. The Balaban J connectivity index is 1.71. The molecule has 3 heteroatoms. The zero-order valence-corrected chi connectivity index (χ0v) is 9.83. The summed E-state index contributed by atoms with van der Waals surface area (Å²) in [6.45, 7) is 5.91. The molecule has 1 unspecified atom stereocenters. The largest absolute Gasteiger partial charge is 0.329 e. The molecule has 0 aromatic heterocycles. The molecule has 1 N–H and O–H groups in total. The lowest BCUT2D eigenvalue weighted by Crippen LogP contribution is -2.35. The molecule has 0 bridgehead atoms. The van der Waals surface area contributed by atoms with E-state index in [4.69, 9.17) is 0 Å². The fraction of sp³-hybridized carbons (Fsp3) is 0.917. The molecule has 1 heterocycles. The molecule has 3 nitrogen and oxygen atoms in total. The molecule has 1 aliphatic heterocycles. The maximum absolute atomic E-state index is 11.9. The van der Waals surface area contributed by atoms with Gasteiger partial charge in [-0.3, -0.25) is 10.1 Å². The van der Waals surface area contributed by atoms with Gasteiger partial charge in [0.05, 0.1) is 12.7 Å². The Morgan fingerprint density at radius 1 is 1.47 bits per heavy atom. The molecule has 1 amide bonds. The minimum absolute atomic E-state index is 0.0610. The zero-order valence-electron chi connectivity index (χ0n) is 9.83. The van der Waals surface area contributed by atoms with E-state index in [1.807, 2.05) is 4.90 Å². The Kier molecular flexibility index (Phi) is 3.29. The molecule has 1 saturated heterocycles. The summed E-state index contributed by atoms with van der Waals surface area (Å²) in [7, 11) is 0. The summed E-state index contributed by atoms with van der Waals surface area (Å²) in [6, 6.07) is 0.0610. The first-order chi connectivity index (χ1) is 7.18. The molecule has 2 fully saturated rings. The van der Waals surface area contributed by atoms with Crippen molar-refractivity contribution >= 4 is 5.91 Å². The highest BCUT2D eigenvalue weighted by Crippen LogP contribution is 2.33. The SMILES string of the molecule is CC(C)C1NCN(CCCC2CC2)C1=O. The van der Waals surface area contributed by atoms with Gasteiger partial charge < -0.3 is 4.90 Å². The highest BCUT2D eigenvalue weighted by molar-refractivity contribution is 5.83. The van der Waals surface area contributed by atoms with Crippen LogP contribution in [0.1, 0.15) is 39.5 Å². The van der Waals surface area contributed by atoms with Crippen LogP contribution in [0, 0.1) is 11.8 Å². The minimum atomic E-state index is 0.0610. The Bertz CT molecular complexity index is 236. The van der Waals surface area contributed by atoms with Crippen LogP contribution in [0.5, 0.6) is 0 Å². The van der Waals surface area contributed by atoms with Crippen LogP contribution < -0.4 is 5.32 Å². The molecule has 2 aliphatic rings. The number of nitrogens with one attached hydrogen (secondary N) is 1. The summed E-state index contributed by atoms with van der Waals surface area (Å²) < 4.78 is 0. The quantitative estimate of drug-likeness (QED) is 0.747. The van der Waals surface area contributed by atoms with E-state index in [-0.39, 0.29) is 6.04 Å². The van der Waals surface area contributed by atoms with E-state index in [2.05, 4.69) is 19.2 Å². The first kappa shape index (κ1) is 10.9. The van der Waals surface area contributed by atoms with E-state index >= 15 is 0 Å². The van der Waals surface area contributed by atoms with E-state index in [1.54, 1.807) is 0 Å². The summed E-state index contributed by atoms with van der Waals surface area (Å²) in [5, 5.41) is 3.29. The molecule has 86 valence electrons. The summed E-state index contributed by atoms with van der Waals surface area (Å²) in [4.78, 5) is 13.9. The van der Waals surface area contributed by atoms with Gasteiger partial charge >= 0.3 is 0 Å². The van der Waals surface area contributed by atoms with Gasteiger partial charge in [0.1, 0.15) is 0 Å². The van der Waals surface area contributed by atoms with Crippen molar-refractivity contribution in [1.82, 2.24) is 10.2 Å². The van der Waals surface area contributed by atoms with Gasteiger partial charge in [0.2, 0.25) is 5.91 Å². The van der Waals surface area contributed by atoms with Crippen LogP contribution in [0.4, 0.5) is 0 Å². The Morgan fingerprint density at radius 3 is 2.73 bits per heavy atom. The third-order valence-electron chi connectivity index (χ3n) is 3.48. The summed E-state index contributed by atoms with van der Waals surface area (Å²) in [6.07, 6.45) is 5.33. The molecule has 2 rings (SSSR count). The number of hydrogen-bond acceptors (Lipinski definition) is 2. The first-order valence-electron chi connectivity index (χ1n) is 6.20. The van der Waals surface area contributed by atoms with Crippen LogP contribution in [-0.2, 0) is 4.79 Å². The predicted octanol–water partition coefficient (Wildman–Crippen LogP) is 1.59. The Morgan fingerprint density at radius 2 is 2.20 bits per heavy atom. The van der Waals surface area contributed by atoms with Gasteiger partial charge in [-0.2, -0.15) is 0 Å². The lowest BCUT2D eigenvalue weighted by atomic mass is 10.1. The third-order valence-corrected chi connectivity index (χ3v) is 3.48. The van der Waals surface area contributed by atoms with E-state index in [1.165, 1.54) is 25.7 Å². The number of rotatable bonds is 5. The molecular formula is C12H22N2O. The van der Waals surface area contributed by atoms with E-state index < -0.39 is 0 Å². The summed E-state index contributed by atoms with van der Waals surface area (Å²) in [5.74, 6) is 1.70. The van der Waals surface area contributed by atoms with Crippen LogP contribution in [0.3, 0.4) is 0 Å². The van der Waals surface area contributed by atoms with Gasteiger partial charge in [-0.15, -0.1) is 0 Å². The first-order valence-corrected chi connectivity index (χ1v) is 6.20. The van der Waals surface area contributed by atoms with Crippen LogP contribution in [-0.4, -0.2) is 30.1 Å². The topological polar surface area (TPSA) is 32.3 Å². The standard InChI is InChI=1S/C12H22N2O/c1-9(2)11-12(15)14(8-13-11)7-3-4-10-5-6-10/h9-11,13H,3-8H2,1-2H3. The molecule has 0 aromatic carbocycles. The van der Waals surface area contributed by atoms with Crippen LogP contribution in [0.2, 0.25) is 0 Å². The predicted molar refractivity (Wildman–Crippen MR) is 60.3 cm³/mol. The van der Waals surface area contributed by atoms with Crippen molar-refractivity contribution in [3.8, 4) is 0 Å². The molecular weight excluding hydrogens is 188 g/mol. The summed E-state index contributed by atoms with van der Waals surface area (Å²) >= 11 is 0. The van der Waals surface area contributed by atoms with Crippen LogP contribution in [0.25, 0.3) is 0 Å². The maximum Gasteiger partial charge on any atom is 0.241 e.